The third kappa shape index (κ3) is 3.42. The predicted molar refractivity (Wildman–Crippen MR) is 93.6 cm³/mol. The van der Waals surface area contributed by atoms with Crippen molar-refractivity contribution < 1.29 is 13.9 Å². The van der Waals surface area contributed by atoms with Crippen molar-refractivity contribution in [1.29, 1.82) is 0 Å². The summed E-state index contributed by atoms with van der Waals surface area (Å²) in [5.41, 5.74) is -0.417. The lowest BCUT2D eigenvalue weighted by molar-refractivity contribution is -0.127. The molecule has 0 saturated heterocycles. The molecule has 1 amide bonds. The summed E-state index contributed by atoms with van der Waals surface area (Å²) in [6.45, 7) is 7.25. The first kappa shape index (κ1) is 18.0. The van der Waals surface area contributed by atoms with Gasteiger partial charge in [-0.3, -0.25) is 4.79 Å². The molecule has 2 aromatic rings. The van der Waals surface area contributed by atoms with Crippen molar-refractivity contribution in [2.45, 2.75) is 38.6 Å². The number of ether oxygens (including phenoxy) is 1. The Balaban J connectivity index is 2.32. The Kier molecular flexibility index (Phi) is 4.97. The van der Waals surface area contributed by atoms with Crippen molar-refractivity contribution in [2.24, 2.45) is 0 Å². The third-order valence-corrected chi connectivity index (χ3v) is 4.32. The summed E-state index contributed by atoms with van der Waals surface area (Å²) in [6, 6.07) is 13.9. The molecule has 3 nitrogen and oxygen atoms in total. The molecule has 0 atom stereocenters. The van der Waals surface area contributed by atoms with Crippen molar-refractivity contribution in [3.63, 3.8) is 0 Å². The summed E-state index contributed by atoms with van der Waals surface area (Å²) < 4.78 is 19.5. The molecule has 2 aromatic carbocycles. The fourth-order valence-corrected chi connectivity index (χ4v) is 2.76. The van der Waals surface area contributed by atoms with Crippen LogP contribution in [0.15, 0.2) is 48.5 Å². The summed E-state index contributed by atoms with van der Waals surface area (Å²) in [5.74, 6) is 0.125. The first-order chi connectivity index (χ1) is 11.2. The molecule has 0 unspecified atom stereocenters. The van der Waals surface area contributed by atoms with E-state index in [0.29, 0.717) is 11.3 Å². The van der Waals surface area contributed by atoms with Crippen LogP contribution in [-0.2, 0) is 15.7 Å². The van der Waals surface area contributed by atoms with Crippen LogP contribution in [0.25, 0.3) is 0 Å². The van der Waals surface area contributed by atoms with Crippen molar-refractivity contribution in [3.8, 4) is 5.75 Å². The molecule has 0 aliphatic rings. The molecule has 0 spiro atoms. The van der Waals surface area contributed by atoms with Crippen LogP contribution in [0.4, 0.5) is 4.39 Å². The molecule has 0 heterocycles. The highest BCUT2D eigenvalue weighted by Crippen LogP contribution is 2.33. The molecular formula is C20H24FNO2. The average Bonchev–Trinajstić information content (AvgIpc) is 2.54. The van der Waals surface area contributed by atoms with Crippen LogP contribution in [0, 0.1) is 5.82 Å². The van der Waals surface area contributed by atoms with E-state index < -0.39 is 11.0 Å². The van der Waals surface area contributed by atoms with E-state index in [0.717, 1.165) is 5.56 Å². The molecule has 0 saturated carbocycles. The Labute approximate surface area is 142 Å². The van der Waals surface area contributed by atoms with Gasteiger partial charge in [0.25, 0.3) is 0 Å². The van der Waals surface area contributed by atoms with Gasteiger partial charge in [0.1, 0.15) is 11.6 Å². The van der Waals surface area contributed by atoms with Gasteiger partial charge in [-0.2, -0.15) is 0 Å². The molecule has 0 radical (unpaired) electrons. The minimum Gasteiger partial charge on any atom is -0.496 e. The minimum absolute atomic E-state index is 0.194. The lowest BCUT2D eigenvalue weighted by Gasteiger charge is -2.33. The normalized spacial score (nSPS) is 11.9. The van der Waals surface area contributed by atoms with Crippen molar-refractivity contribution in [1.82, 2.24) is 5.32 Å². The van der Waals surface area contributed by atoms with E-state index in [1.54, 1.807) is 39.2 Å². The number of benzene rings is 2. The zero-order chi connectivity index (χ0) is 18.0. The minimum atomic E-state index is -0.832. The highest BCUT2D eigenvalue weighted by molar-refractivity contribution is 5.88. The SMILES string of the molecule is COc1ccccc1C(C)(C)C(=O)NC(C)(C)c1ccccc1F. The summed E-state index contributed by atoms with van der Waals surface area (Å²) in [7, 11) is 1.58. The molecular weight excluding hydrogens is 305 g/mol. The third-order valence-electron chi connectivity index (χ3n) is 4.32. The lowest BCUT2D eigenvalue weighted by atomic mass is 9.81. The standard InChI is InChI=1S/C20H24FNO2/c1-19(2,15-11-7-9-13-17(15)24-5)18(23)22-20(3,4)14-10-6-8-12-16(14)21/h6-13H,1-5H3,(H,22,23). The molecule has 128 valence electrons. The van der Waals surface area contributed by atoms with E-state index >= 15 is 0 Å². The Hall–Kier alpha value is -2.36. The molecule has 0 fully saturated rings. The Morgan fingerprint density at radius 2 is 1.50 bits per heavy atom. The first-order valence-corrected chi connectivity index (χ1v) is 7.91. The zero-order valence-corrected chi connectivity index (χ0v) is 14.8. The maximum Gasteiger partial charge on any atom is 0.230 e. The number of amides is 1. The van der Waals surface area contributed by atoms with Crippen LogP contribution in [0.5, 0.6) is 5.75 Å². The predicted octanol–water partition coefficient (Wildman–Crippen LogP) is 4.16. The molecule has 2 rings (SSSR count). The number of carbonyl (C=O) groups is 1. The smallest absolute Gasteiger partial charge is 0.230 e. The van der Waals surface area contributed by atoms with Crippen molar-refractivity contribution in [2.75, 3.05) is 7.11 Å². The van der Waals surface area contributed by atoms with E-state index in [1.165, 1.54) is 6.07 Å². The van der Waals surface area contributed by atoms with Gasteiger partial charge in [-0.05, 0) is 39.8 Å². The summed E-state index contributed by atoms with van der Waals surface area (Å²) in [5, 5.41) is 2.97. The van der Waals surface area contributed by atoms with Gasteiger partial charge < -0.3 is 10.1 Å². The van der Waals surface area contributed by atoms with Crippen LogP contribution in [0.3, 0.4) is 0 Å². The second-order valence-corrected chi connectivity index (χ2v) is 6.88. The molecule has 24 heavy (non-hydrogen) atoms. The Morgan fingerprint density at radius 1 is 0.958 bits per heavy atom. The highest BCUT2D eigenvalue weighted by Gasteiger charge is 2.36. The van der Waals surface area contributed by atoms with Crippen LogP contribution in [0.2, 0.25) is 0 Å². The van der Waals surface area contributed by atoms with Gasteiger partial charge in [0, 0.05) is 11.1 Å². The molecule has 4 heteroatoms. The summed E-state index contributed by atoms with van der Waals surface area (Å²) in [6.07, 6.45) is 0. The largest absolute Gasteiger partial charge is 0.496 e. The molecule has 1 N–H and O–H groups in total. The van der Waals surface area contributed by atoms with Crippen molar-refractivity contribution >= 4 is 5.91 Å². The van der Waals surface area contributed by atoms with E-state index in [4.69, 9.17) is 4.74 Å². The maximum absolute atomic E-state index is 14.1. The quantitative estimate of drug-likeness (QED) is 0.894. The van der Waals surface area contributed by atoms with Crippen molar-refractivity contribution in [3.05, 3.63) is 65.5 Å². The van der Waals surface area contributed by atoms with E-state index in [2.05, 4.69) is 5.32 Å². The van der Waals surface area contributed by atoms with E-state index in [-0.39, 0.29) is 11.7 Å². The van der Waals surface area contributed by atoms with Gasteiger partial charge in [-0.25, -0.2) is 4.39 Å². The number of hydrogen-bond acceptors (Lipinski definition) is 2. The Bertz CT molecular complexity index is 738. The maximum atomic E-state index is 14.1. The lowest BCUT2D eigenvalue weighted by Crippen LogP contribution is -2.49. The van der Waals surface area contributed by atoms with Gasteiger partial charge >= 0.3 is 0 Å². The number of nitrogens with one attached hydrogen (secondary N) is 1. The van der Waals surface area contributed by atoms with Crippen LogP contribution in [-0.4, -0.2) is 13.0 Å². The monoisotopic (exact) mass is 329 g/mol. The molecule has 0 aliphatic carbocycles. The van der Waals surface area contributed by atoms with Gasteiger partial charge in [-0.1, -0.05) is 36.4 Å². The van der Waals surface area contributed by atoms with Crippen LogP contribution in [0.1, 0.15) is 38.8 Å². The number of carbonyl (C=O) groups excluding carboxylic acids is 1. The zero-order valence-electron chi connectivity index (χ0n) is 14.8. The summed E-state index contributed by atoms with van der Waals surface area (Å²) >= 11 is 0. The fraction of sp³-hybridized carbons (Fsp3) is 0.350. The highest BCUT2D eigenvalue weighted by atomic mass is 19.1. The van der Waals surface area contributed by atoms with Gasteiger partial charge in [0.15, 0.2) is 0 Å². The summed E-state index contributed by atoms with van der Waals surface area (Å²) in [4.78, 5) is 12.9. The molecule has 0 bridgehead atoms. The molecule has 0 aliphatic heterocycles. The molecule has 0 aromatic heterocycles. The number of methoxy groups -OCH3 is 1. The number of rotatable bonds is 5. The number of halogens is 1. The first-order valence-electron chi connectivity index (χ1n) is 7.91. The van der Waals surface area contributed by atoms with E-state index in [9.17, 15) is 9.18 Å². The fourth-order valence-electron chi connectivity index (χ4n) is 2.76. The van der Waals surface area contributed by atoms with Gasteiger partial charge in [0.2, 0.25) is 5.91 Å². The number of para-hydroxylation sites is 1. The van der Waals surface area contributed by atoms with E-state index in [1.807, 2.05) is 38.1 Å². The topological polar surface area (TPSA) is 38.3 Å². The van der Waals surface area contributed by atoms with Gasteiger partial charge in [0.05, 0.1) is 18.1 Å². The number of hydrogen-bond donors (Lipinski definition) is 1. The average molecular weight is 329 g/mol. The van der Waals surface area contributed by atoms with Crippen LogP contribution < -0.4 is 10.1 Å². The second-order valence-electron chi connectivity index (χ2n) is 6.88. The Morgan fingerprint density at radius 3 is 2.08 bits per heavy atom. The second kappa shape index (κ2) is 6.63. The van der Waals surface area contributed by atoms with Crippen LogP contribution >= 0.6 is 0 Å². The van der Waals surface area contributed by atoms with Gasteiger partial charge in [-0.15, -0.1) is 0 Å².